The van der Waals surface area contributed by atoms with E-state index in [0.29, 0.717) is 77.7 Å². The standard InChI is InChI=1S/C32H45F4N7O6/c1-3-7-32(35,36)17-23(25(45)42-31(19-38)12-13-31)39-26(46)48-21-6-4-8-29(15-21)9-5-14-43(20-29)49-27(47)40-22(16-28(2,33)34)24(44)41-30(18-37)10-11-30/h21-23H,3-17,20H2,1-2H3,(H,39,46)(H,40,47)(H,41,44)(H,42,45)/t21-,22-,23?,29?/m0/s1. The summed E-state index contributed by atoms with van der Waals surface area (Å²) < 4.78 is 62.5. The Labute approximate surface area is 282 Å². The van der Waals surface area contributed by atoms with Crippen molar-refractivity contribution < 1.29 is 46.3 Å². The van der Waals surface area contributed by atoms with Gasteiger partial charge in [-0.25, -0.2) is 27.2 Å². The lowest BCUT2D eigenvalue weighted by atomic mass is 9.68. The minimum Gasteiger partial charge on any atom is -0.446 e. The van der Waals surface area contributed by atoms with Gasteiger partial charge in [-0.1, -0.05) is 13.3 Å². The Hall–Kier alpha value is -3.86. The number of nitrogens with one attached hydrogen (secondary N) is 4. The molecular formula is C32H45F4N7O6. The van der Waals surface area contributed by atoms with Gasteiger partial charge in [-0.05, 0) is 76.5 Å². The second-order valence-corrected chi connectivity index (χ2v) is 14.3. The van der Waals surface area contributed by atoms with Crippen molar-refractivity contribution in [1.29, 1.82) is 10.5 Å². The van der Waals surface area contributed by atoms with E-state index in [9.17, 15) is 47.3 Å². The van der Waals surface area contributed by atoms with E-state index >= 15 is 0 Å². The molecule has 3 saturated carbocycles. The van der Waals surface area contributed by atoms with Gasteiger partial charge in [-0.2, -0.15) is 10.5 Å². The van der Waals surface area contributed by atoms with Crippen LogP contribution in [0.25, 0.3) is 0 Å². The molecule has 4 fully saturated rings. The average molecular weight is 700 g/mol. The maximum atomic E-state index is 14.6. The third-order valence-corrected chi connectivity index (χ3v) is 9.56. The summed E-state index contributed by atoms with van der Waals surface area (Å²) >= 11 is 0. The third-order valence-electron chi connectivity index (χ3n) is 9.56. The van der Waals surface area contributed by atoms with Gasteiger partial charge in [0.1, 0.15) is 29.3 Å². The summed E-state index contributed by atoms with van der Waals surface area (Å²) in [5.74, 6) is -8.33. The van der Waals surface area contributed by atoms with Crippen LogP contribution in [-0.2, 0) is 19.2 Å². The lowest BCUT2D eigenvalue weighted by Crippen LogP contribution is -2.54. The Kier molecular flexibility index (Phi) is 11.6. The summed E-state index contributed by atoms with van der Waals surface area (Å²) in [7, 11) is 0. The zero-order valence-electron chi connectivity index (χ0n) is 27.8. The Balaban J connectivity index is 1.33. The molecule has 3 aliphatic carbocycles. The number of halogens is 4. The fourth-order valence-corrected chi connectivity index (χ4v) is 6.69. The van der Waals surface area contributed by atoms with Crippen LogP contribution in [0.4, 0.5) is 27.2 Å². The van der Waals surface area contributed by atoms with Crippen LogP contribution in [0.5, 0.6) is 0 Å². The number of alkyl carbamates (subject to hydrolysis) is 1. The van der Waals surface area contributed by atoms with Crippen LogP contribution in [0.1, 0.15) is 104 Å². The summed E-state index contributed by atoms with van der Waals surface area (Å²) in [6, 6.07) is 0.640. The third kappa shape index (κ3) is 11.1. The van der Waals surface area contributed by atoms with E-state index in [2.05, 4.69) is 21.3 Å². The summed E-state index contributed by atoms with van der Waals surface area (Å²) in [4.78, 5) is 56.8. The molecule has 4 amide bonds. The molecule has 4 N–H and O–H groups in total. The number of rotatable bonds is 14. The van der Waals surface area contributed by atoms with E-state index in [-0.39, 0.29) is 13.0 Å². The quantitative estimate of drug-likeness (QED) is 0.192. The Morgan fingerprint density at radius 3 is 1.96 bits per heavy atom. The van der Waals surface area contributed by atoms with E-state index in [0.717, 1.165) is 0 Å². The Morgan fingerprint density at radius 1 is 0.878 bits per heavy atom. The van der Waals surface area contributed by atoms with Crippen LogP contribution in [-0.4, -0.2) is 83.3 Å². The molecule has 1 aliphatic heterocycles. The lowest BCUT2D eigenvalue weighted by molar-refractivity contribution is -0.156. The molecule has 1 heterocycles. The van der Waals surface area contributed by atoms with Gasteiger partial charge < -0.3 is 30.8 Å². The van der Waals surface area contributed by atoms with Crippen LogP contribution < -0.4 is 21.3 Å². The van der Waals surface area contributed by atoms with Crippen molar-refractivity contribution in [1.82, 2.24) is 26.3 Å². The number of carbonyl (C=O) groups excluding carboxylic acids is 4. The number of hydroxylamine groups is 2. The van der Waals surface area contributed by atoms with Crippen molar-refractivity contribution in [3.05, 3.63) is 0 Å². The minimum atomic E-state index is -3.30. The molecule has 4 atom stereocenters. The molecular weight excluding hydrogens is 654 g/mol. The van der Waals surface area contributed by atoms with Gasteiger partial charge in [-0.15, -0.1) is 5.06 Å². The van der Waals surface area contributed by atoms with Crippen molar-refractivity contribution in [3.63, 3.8) is 0 Å². The fourth-order valence-electron chi connectivity index (χ4n) is 6.69. The van der Waals surface area contributed by atoms with E-state index in [1.807, 2.05) is 12.1 Å². The fraction of sp³-hybridized carbons (Fsp3) is 0.812. The summed E-state index contributed by atoms with van der Waals surface area (Å²) in [5.41, 5.74) is -2.70. The molecule has 272 valence electrons. The first-order valence-corrected chi connectivity index (χ1v) is 16.9. The van der Waals surface area contributed by atoms with Crippen molar-refractivity contribution >= 4 is 24.0 Å². The number of nitrogens with zero attached hydrogens (tertiary/aromatic N) is 3. The van der Waals surface area contributed by atoms with Gasteiger partial charge in [0, 0.05) is 32.4 Å². The second kappa shape index (κ2) is 14.9. The Bertz CT molecular complexity index is 1340. The summed E-state index contributed by atoms with van der Waals surface area (Å²) in [5, 5.41) is 29.4. The maximum Gasteiger partial charge on any atom is 0.426 e. The number of carbonyl (C=O) groups is 4. The molecule has 1 saturated heterocycles. The van der Waals surface area contributed by atoms with Gasteiger partial charge in [0.15, 0.2) is 0 Å². The van der Waals surface area contributed by atoms with Crippen LogP contribution in [0.2, 0.25) is 0 Å². The molecule has 2 unspecified atom stereocenters. The molecule has 0 aromatic carbocycles. The van der Waals surface area contributed by atoms with Gasteiger partial charge >= 0.3 is 12.2 Å². The molecule has 1 spiro atoms. The Morgan fingerprint density at radius 2 is 1.43 bits per heavy atom. The first kappa shape index (κ1) is 38.0. The van der Waals surface area contributed by atoms with E-state index in [4.69, 9.17) is 9.57 Å². The van der Waals surface area contributed by atoms with Crippen LogP contribution in [0, 0.1) is 28.1 Å². The number of nitriles is 2. The zero-order chi connectivity index (χ0) is 36.1. The van der Waals surface area contributed by atoms with Crippen LogP contribution in [0.15, 0.2) is 0 Å². The molecule has 13 nitrogen and oxygen atoms in total. The molecule has 4 rings (SSSR count). The lowest BCUT2D eigenvalue weighted by Gasteiger charge is -2.46. The number of hydrogen-bond acceptors (Lipinski definition) is 9. The predicted octanol–water partition coefficient (Wildman–Crippen LogP) is 4.33. The van der Waals surface area contributed by atoms with Crippen molar-refractivity contribution in [2.45, 2.75) is 145 Å². The summed E-state index contributed by atoms with van der Waals surface area (Å²) in [6.07, 6.45) is -0.0883. The molecule has 0 aromatic rings. The van der Waals surface area contributed by atoms with Gasteiger partial charge in [0.2, 0.25) is 17.7 Å². The van der Waals surface area contributed by atoms with Gasteiger partial charge in [0.25, 0.3) is 5.92 Å². The number of hydrogen-bond donors (Lipinski definition) is 4. The highest BCUT2D eigenvalue weighted by molar-refractivity contribution is 5.87. The second-order valence-electron chi connectivity index (χ2n) is 14.3. The SMILES string of the molecule is CCCC(F)(F)CC(NC(=O)O[C@H]1CCCC2(CCCN(OC(=O)N[C@@H](CC(C)(F)F)C(=O)NC3(C#N)CC3)C2)C1)C(=O)NC1(C#N)CC1. The largest absolute Gasteiger partial charge is 0.446 e. The number of piperidine rings is 1. The first-order valence-electron chi connectivity index (χ1n) is 16.9. The molecule has 17 heteroatoms. The van der Waals surface area contributed by atoms with Crippen LogP contribution in [0.3, 0.4) is 0 Å². The normalized spacial score (nSPS) is 25.3. The van der Waals surface area contributed by atoms with Crippen molar-refractivity contribution in [2.75, 3.05) is 13.1 Å². The topological polar surface area (TPSA) is 186 Å². The molecule has 0 radical (unpaired) electrons. The minimum absolute atomic E-state index is 0.161. The number of amides is 4. The highest BCUT2D eigenvalue weighted by atomic mass is 19.3. The first-order chi connectivity index (χ1) is 22.9. The van der Waals surface area contributed by atoms with E-state index in [1.165, 1.54) is 5.06 Å². The average Bonchev–Trinajstić information content (AvgIpc) is 3.93. The molecule has 4 aliphatic rings. The monoisotopic (exact) mass is 699 g/mol. The predicted molar refractivity (Wildman–Crippen MR) is 163 cm³/mol. The number of alkyl halides is 4. The van der Waals surface area contributed by atoms with E-state index < -0.39 is 89.8 Å². The van der Waals surface area contributed by atoms with Crippen LogP contribution >= 0.6 is 0 Å². The highest BCUT2D eigenvalue weighted by Gasteiger charge is 2.49. The summed E-state index contributed by atoms with van der Waals surface area (Å²) in [6.45, 7) is 2.74. The molecule has 49 heavy (non-hydrogen) atoms. The van der Waals surface area contributed by atoms with Gasteiger partial charge in [-0.3, -0.25) is 9.59 Å². The molecule has 0 bridgehead atoms. The van der Waals surface area contributed by atoms with Crippen molar-refractivity contribution in [3.8, 4) is 12.1 Å². The number of ether oxygens (including phenoxy) is 1. The van der Waals surface area contributed by atoms with Crippen molar-refractivity contribution in [2.24, 2.45) is 5.41 Å². The zero-order valence-corrected chi connectivity index (χ0v) is 27.8. The maximum absolute atomic E-state index is 14.6. The van der Waals surface area contributed by atoms with E-state index in [1.54, 1.807) is 6.92 Å². The highest BCUT2D eigenvalue weighted by Crippen LogP contribution is 2.44. The smallest absolute Gasteiger partial charge is 0.426 e. The molecule has 0 aromatic heterocycles. The van der Waals surface area contributed by atoms with Gasteiger partial charge in [0.05, 0.1) is 12.1 Å².